The first-order valence-corrected chi connectivity index (χ1v) is 8.72. The van der Waals surface area contributed by atoms with Crippen molar-refractivity contribution in [2.45, 2.75) is 37.9 Å². The van der Waals surface area contributed by atoms with Crippen LogP contribution < -0.4 is 5.32 Å². The lowest BCUT2D eigenvalue weighted by molar-refractivity contribution is -0.186. The van der Waals surface area contributed by atoms with E-state index < -0.39 is 29.4 Å². The SMILES string of the molecule is CC1(C)CC(C(F)(F)F)C(Nc2cccc3[nH]ncc23)c2ccc(F)cc21. The minimum atomic E-state index is -4.38. The van der Waals surface area contributed by atoms with Gasteiger partial charge in [-0.2, -0.15) is 18.3 Å². The van der Waals surface area contributed by atoms with Crippen LogP contribution in [-0.4, -0.2) is 16.4 Å². The van der Waals surface area contributed by atoms with Crippen LogP contribution >= 0.6 is 0 Å². The maximum atomic E-state index is 13.9. The van der Waals surface area contributed by atoms with Crippen LogP contribution in [0.5, 0.6) is 0 Å². The molecule has 1 heterocycles. The van der Waals surface area contributed by atoms with Crippen LogP contribution in [-0.2, 0) is 5.41 Å². The topological polar surface area (TPSA) is 40.7 Å². The molecule has 0 radical (unpaired) electrons. The molecule has 2 atom stereocenters. The van der Waals surface area contributed by atoms with Crippen molar-refractivity contribution in [2.75, 3.05) is 5.32 Å². The number of fused-ring (bicyclic) bond motifs is 2. The standard InChI is InChI=1S/C20H19F4N3/c1-19(2)9-15(20(22,23)24)18(12-7-6-11(21)8-14(12)19)26-16-4-3-5-17-13(16)10-25-27-17/h3-8,10,15,18,26H,9H2,1-2H3,(H,25,27). The molecule has 2 aromatic carbocycles. The van der Waals surface area contributed by atoms with Crippen molar-refractivity contribution in [3.8, 4) is 0 Å². The first kappa shape index (κ1) is 17.8. The van der Waals surface area contributed by atoms with E-state index in [-0.39, 0.29) is 6.42 Å². The van der Waals surface area contributed by atoms with Crippen molar-refractivity contribution < 1.29 is 17.6 Å². The molecule has 0 bridgehead atoms. The number of aromatic nitrogens is 2. The van der Waals surface area contributed by atoms with E-state index in [0.717, 1.165) is 5.52 Å². The smallest absolute Gasteiger partial charge is 0.377 e. The van der Waals surface area contributed by atoms with Gasteiger partial charge in [-0.1, -0.05) is 26.0 Å². The number of hydrogen-bond acceptors (Lipinski definition) is 2. The summed E-state index contributed by atoms with van der Waals surface area (Å²) in [4.78, 5) is 0. The number of alkyl halides is 3. The van der Waals surface area contributed by atoms with Gasteiger partial charge in [0.25, 0.3) is 0 Å². The van der Waals surface area contributed by atoms with Crippen LogP contribution in [0.4, 0.5) is 23.2 Å². The molecule has 27 heavy (non-hydrogen) atoms. The number of H-pyrrole nitrogens is 1. The predicted octanol–water partition coefficient (Wildman–Crippen LogP) is 5.72. The van der Waals surface area contributed by atoms with Crippen molar-refractivity contribution in [1.29, 1.82) is 0 Å². The molecule has 0 spiro atoms. The lowest BCUT2D eigenvalue weighted by Crippen LogP contribution is -2.43. The molecule has 3 aromatic rings. The van der Waals surface area contributed by atoms with Gasteiger partial charge in [0, 0.05) is 11.1 Å². The van der Waals surface area contributed by atoms with Gasteiger partial charge in [-0.25, -0.2) is 4.39 Å². The van der Waals surface area contributed by atoms with E-state index in [0.29, 0.717) is 22.2 Å². The van der Waals surface area contributed by atoms with Gasteiger partial charge in [0.05, 0.1) is 23.7 Å². The van der Waals surface area contributed by atoms with E-state index >= 15 is 0 Å². The summed E-state index contributed by atoms with van der Waals surface area (Å²) >= 11 is 0. The molecule has 0 aliphatic heterocycles. The van der Waals surface area contributed by atoms with Gasteiger partial charge in [0.15, 0.2) is 0 Å². The van der Waals surface area contributed by atoms with E-state index in [1.165, 1.54) is 18.2 Å². The van der Waals surface area contributed by atoms with Crippen LogP contribution in [0, 0.1) is 11.7 Å². The molecule has 7 heteroatoms. The summed E-state index contributed by atoms with van der Waals surface area (Å²) in [6.45, 7) is 3.47. The van der Waals surface area contributed by atoms with Gasteiger partial charge < -0.3 is 5.32 Å². The second-order valence-corrected chi connectivity index (χ2v) is 7.73. The van der Waals surface area contributed by atoms with Crippen LogP contribution in [0.3, 0.4) is 0 Å². The largest absolute Gasteiger partial charge is 0.394 e. The maximum absolute atomic E-state index is 13.9. The fourth-order valence-electron chi connectivity index (χ4n) is 4.12. The highest BCUT2D eigenvalue weighted by Crippen LogP contribution is 2.52. The molecule has 0 saturated heterocycles. The lowest BCUT2D eigenvalue weighted by atomic mass is 9.66. The Morgan fingerprint density at radius 2 is 1.96 bits per heavy atom. The minimum Gasteiger partial charge on any atom is -0.377 e. The summed E-state index contributed by atoms with van der Waals surface area (Å²) in [6.07, 6.45) is -2.92. The first-order chi connectivity index (χ1) is 12.7. The Balaban J connectivity index is 1.86. The van der Waals surface area contributed by atoms with Gasteiger partial charge in [-0.15, -0.1) is 0 Å². The predicted molar refractivity (Wildman–Crippen MR) is 96.0 cm³/mol. The zero-order valence-electron chi connectivity index (χ0n) is 14.9. The van der Waals surface area contributed by atoms with Crippen molar-refractivity contribution in [2.24, 2.45) is 5.92 Å². The normalized spacial score (nSPS) is 21.9. The third-order valence-corrected chi connectivity index (χ3v) is 5.43. The summed E-state index contributed by atoms with van der Waals surface area (Å²) in [5, 5.41) is 10.6. The highest BCUT2D eigenvalue weighted by Gasteiger charge is 2.52. The van der Waals surface area contributed by atoms with Gasteiger partial charge >= 0.3 is 6.18 Å². The van der Waals surface area contributed by atoms with Crippen molar-refractivity contribution in [3.05, 3.63) is 59.5 Å². The molecule has 0 fully saturated rings. The number of halogens is 4. The van der Waals surface area contributed by atoms with E-state index in [9.17, 15) is 17.6 Å². The summed E-state index contributed by atoms with van der Waals surface area (Å²) in [5.41, 5.74) is 1.61. The number of nitrogens with zero attached hydrogens (tertiary/aromatic N) is 1. The number of rotatable bonds is 2. The third-order valence-electron chi connectivity index (χ3n) is 5.43. The molecule has 1 aliphatic rings. The van der Waals surface area contributed by atoms with Crippen molar-refractivity contribution in [3.63, 3.8) is 0 Å². The molecule has 2 unspecified atom stereocenters. The van der Waals surface area contributed by atoms with E-state index in [1.54, 1.807) is 32.2 Å². The minimum absolute atomic E-state index is 0.119. The Morgan fingerprint density at radius 1 is 1.19 bits per heavy atom. The van der Waals surface area contributed by atoms with Crippen LogP contribution in [0.1, 0.15) is 37.4 Å². The number of hydrogen-bond donors (Lipinski definition) is 2. The summed E-state index contributed by atoms with van der Waals surface area (Å²) in [6, 6.07) is 8.34. The fourth-order valence-corrected chi connectivity index (χ4v) is 4.12. The molecule has 0 saturated carbocycles. The molecular weight excluding hydrogens is 358 g/mol. The highest BCUT2D eigenvalue weighted by molar-refractivity contribution is 5.91. The Hall–Kier alpha value is -2.57. The van der Waals surface area contributed by atoms with Gasteiger partial charge in [-0.3, -0.25) is 5.10 Å². The van der Waals surface area contributed by atoms with Crippen molar-refractivity contribution >= 4 is 16.6 Å². The first-order valence-electron chi connectivity index (χ1n) is 8.72. The maximum Gasteiger partial charge on any atom is 0.394 e. The van der Waals surface area contributed by atoms with E-state index in [1.807, 2.05) is 6.07 Å². The molecule has 1 aromatic heterocycles. The van der Waals surface area contributed by atoms with Crippen LogP contribution in [0.25, 0.3) is 10.9 Å². The van der Waals surface area contributed by atoms with Gasteiger partial charge in [-0.05, 0) is 47.2 Å². The van der Waals surface area contributed by atoms with Gasteiger partial charge in [0.1, 0.15) is 5.82 Å². The Kier molecular flexibility index (Phi) is 3.94. The monoisotopic (exact) mass is 377 g/mol. The highest BCUT2D eigenvalue weighted by atomic mass is 19.4. The second-order valence-electron chi connectivity index (χ2n) is 7.73. The second kappa shape index (κ2) is 5.97. The molecule has 1 aliphatic carbocycles. The number of anilines is 1. The quantitative estimate of drug-likeness (QED) is 0.561. The Labute approximate surface area is 153 Å². The van der Waals surface area contributed by atoms with Gasteiger partial charge in [0.2, 0.25) is 0 Å². The zero-order chi connectivity index (χ0) is 19.4. The number of aromatic amines is 1. The Morgan fingerprint density at radius 3 is 2.70 bits per heavy atom. The summed E-state index contributed by atoms with van der Waals surface area (Å²) < 4.78 is 55.6. The molecule has 3 nitrogen and oxygen atoms in total. The average molecular weight is 377 g/mol. The number of benzene rings is 2. The van der Waals surface area contributed by atoms with Crippen LogP contribution in [0.15, 0.2) is 42.6 Å². The fraction of sp³-hybridized carbons (Fsp3) is 0.350. The Bertz CT molecular complexity index is 990. The molecular formula is C20H19F4N3. The average Bonchev–Trinajstić information content (AvgIpc) is 3.06. The molecule has 4 rings (SSSR count). The lowest BCUT2D eigenvalue weighted by Gasteiger charge is -2.43. The molecule has 142 valence electrons. The third kappa shape index (κ3) is 3.05. The van der Waals surface area contributed by atoms with E-state index in [4.69, 9.17) is 0 Å². The van der Waals surface area contributed by atoms with E-state index in [2.05, 4.69) is 15.5 Å². The van der Waals surface area contributed by atoms with Crippen molar-refractivity contribution in [1.82, 2.24) is 10.2 Å². The summed E-state index contributed by atoms with van der Waals surface area (Å²) in [7, 11) is 0. The van der Waals surface area contributed by atoms with Crippen LogP contribution in [0.2, 0.25) is 0 Å². The molecule has 0 amide bonds. The number of nitrogens with one attached hydrogen (secondary N) is 2. The molecule has 2 N–H and O–H groups in total. The zero-order valence-corrected chi connectivity index (χ0v) is 14.9. The summed E-state index contributed by atoms with van der Waals surface area (Å²) in [5.74, 6) is -2.03.